The fourth-order valence-electron chi connectivity index (χ4n) is 2.45. The molecule has 0 saturated carbocycles. The lowest BCUT2D eigenvalue weighted by atomic mass is 10.1. The lowest BCUT2D eigenvalue weighted by molar-refractivity contribution is 0.310. The van der Waals surface area contributed by atoms with Crippen molar-refractivity contribution in [2.24, 2.45) is 0 Å². The third kappa shape index (κ3) is 6.89. The van der Waals surface area contributed by atoms with Crippen LogP contribution in [0.2, 0.25) is 5.02 Å². The number of rotatable bonds is 12. The molecule has 22 heavy (non-hydrogen) atoms. The van der Waals surface area contributed by atoms with Gasteiger partial charge in [-0.1, -0.05) is 50.6 Å². The number of benzene rings is 1. The molecule has 0 aliphatic rings. The van der Waals surface area contributed by atoms with Crippen molar-refractivity contribution in [1.29, 1.82) is 0 Å². The number of ether oxygens (including phenoxy) is 2. The summed E-state index contributed by atoms with van der Waals surface area (Å²) in [7, 11) is 1.61. The van der Waals surface area contributed by atoms with Crippen LogP contribution in [-0.4, -0.2) is 20.3 Å². The maximum absolute atomic E-state index is 6.25. The quantitative estimate of drug-likeness (QED) is 0.535. The Hall–Kier alpha value is -0.930. The standard InChI is InChI=1S/C18H30ClNO2/c1-4-6-7-8-9-10-11-20-14-15-12-16(19)18(21-3)17(13-15)22-5-2/h12-13,20H,4-11,14H2,1-3H3. The number of hydrogen-bond acceptors (Lipinski definition) is 3. The van der Waals surface area contributed by atoms with Crippen molar-refractivity contribution in [2.75, 3.05) is 20.3 Å². The highest BCUT2D eigenvalue weighted by atomic mass is 35.5. The van der Waals surface area contributed by atoms with Crippen LogP contribution in [0.15, 0.2) is 12.1 Å². The van der Waals surface area contributed by atoms with Gasteiger partial charge in [-0.25, -0.2) is 0 Å². The highest BCUT2D eigenvalue weighted by Gasteiger charge is 2.11. The van der Waals surface area contributed by atoms with Gasteiger partial charge in [-0.3, -0.25) is 0 Å². The molecule has 0 amide bonds. The van der Waals surface area contributed by atoms with Crippen LogP contribution in [0.3, 0.4) is 0 Å². The summed E-state index contributed by atoms with van der Waals surface area (Å²) in [5.74, 6) is 1.33. The second-order valence-corrected chi connectivity index (χ2v) is 5.89. The molecule has 0 aromatic heterocycles. The molecule has 0 heterocycles. The molecule has 0 atom stereocenters. The fourth-order valence-corrected chi connectivity index (χ4v) is 2.76. The largest absolute Gasteiger partial charge is 0.491 e. The minimum absolute atomic E-state index is 0.599. The SMILES string of the molecule is CCCCCCCCNCc1cc(Cl)c(OC)c(OCC)c1. The number of halogens is 1. The van der Waals surface area contributed by atoms with E-state index in [2.05, 4.69) is 12.2 Å². The summed E-state index contributed by atoms with van der Waals surface area (Å²) in [5.41, 5.74) is 1.13. The summed E-state index contributed by atoms with van der Waals surface area (Å²) >= 11 is 6.25. The van der Waals surface area contributed by atoms with Gasteiger partial charge in [0.15, 0.2) is 11.5 Å². The van der Waals surface area contributed by atoms with E-state index in [-0.39, 0.29) is 0 Å². The Kier molecular flexibility index (Phi) is 10.1. The van der Waals surface area contributed by atoms with Crippen LogP contribution in [0.5, 0.6) is 11.5 Å². The summed E-state index contributed by atoms with van der Waals surface area (Å²) < 4.78 is 10.9. The van der Waals surface area contributed by atoms with E-state index in [0.717, 1.165) is 18.7 Å². The predicted molar refractivity (Wildman–Crippen MR) is 94.3 cm³/mol. The topological polar surface area (TPSA) is 30.5 Å². The molecule has 0 aliphatic carbocycles. The molecule has 1 aromatic carbocycles. The van der Waals surface area contributed by atoms with Gasteiger partial charge in [0, 0.05) is 6.54 Å². The van der Waals surface area contributed by atoms with Gasteiger partial charge in [0.2, 0.25) is 0 Å². The van der Waals surface area contributed by atoms with E-state index in [1.807, 2.05) is 19.1 Å². The normalized spacial score (nSPS) is 10.7. The van der Waals surface area contributed by atoms with E-state index in [4.69, 9.17) is 21.1 Å². The number of nitrogens with one attached hydrogen (secondary N) is 1. The lowest BCUT2D eigenvalue weighted by Gasteiger charge is -2.13. The Balaban J connectivity index is 2.36. The molecule has 126 valence electrons. The highest BCUT2D eigenvalue weighted by Crippen LogP contribution is 2.36. The molecule has 1 aromatic rings. The molecule has 0 unspecified atom stereocenters. The van der Waals surface area contributed by atoms with E-state index in [0.29, 0.717) is 23.1 Å². The predicted octanol–water partition coefficient (Wildman–Crippen LogP) is 5.20. The van der Waals surface area contributed by atoms with Crippen molar-refractivity contribution in [3.63, 3.8) is 0 Å². The second kappa shape index (κ2) is 11.6. The Labute approximate surface area is 140 Å². The van der Waals surface area contributed by atoms with E-state index in [1.54, 1.807) is 7.11 Å². The van der Waals surface area contributed by atoms with Crippen molar-refractivity contribution in [2.45, 2.75) is 58.9 Å². The van der Waals surface area contributed by atoms with E-state index in [9.17, 15) is 0 Å². The Morgan fingerprint density at radius 3 is 2.45 bits per heavy atom. The molecule has 0 radical (unpaired) electrons. The number of methoxy groups -OCH3 is 1. The van der Waals surface area contributed by atoms with Crippen LogP contribution in [0.25, 0.3) is 0 Å². The van der Waals surface area contributed by atoms with Crippen LogP contribution in [0.4, 0.5) is 0 Å². The average Bonchev–Trinajstić information content (AvgIpc) is 2.50. The van der Waals surface area contributed by atoms with Crippen LogP contribution in [0.1, 0.15) is 57.9 Å². The number of unbranched alkanes of at least 4 members (excludes halogenated alkanes) is 5. The zero-order valence-electron chi connectivity index (χ0n) is 14.2. The Morgan fingerprint density at radius 2 is 1.77 bits per heavy atom. The van der Waals surface area contributed by atoms with E-state index < -0.39 is 0 Å². The van der Waals surface area contributed by atoms with Crippen LogP contribution in [-0.2, 0) is 6.54 Å². The Morgan fingerprint density at radius 1 is 1.05 bits per heavy atom. The molecular weight excluding hydrogens is 298 g/mol. The highest BCUT2D eigenvalue weighted by molar-refractivity contribution is 6.32. The van der Waals surface area contributed by atoms with Crippen LogP contribution in [0, 0.1) is 0 Å². The first-order valence-corrected chi connectivity index (χ1v) is 8.80. The second-order valence-electron chi connectivity index (χ2n) is 5.49. The molecule has 3 nitrogen and oxygen atoms in total. The average molecular weight is 328 g/mol. The molecule has 0 aliphatic heterocycles. The van der Waals surface area contributed by atoms with Gasteiger partial charge in [0.25, 0.3) is 0 Å². The van der Waals surface area contributed by atoms with E-state index >= 15 is 0 Å². The van der Waals surface area contributed by atoms with Crippen molar-refractivity contribution in [3.8, 4) is 11.5 Å². The molecule has 4 heteroatoms. The maximum Gasteiger partial charge on any atom is 0.179 e. The lowest BCUT2D eigenvalue weighted by Crippen LogP contribution is -2.14. The van der Waals surface area contributed by atoms with Gasteiger partial charge in [0.05, 0.1) is 18.7 Å². The third-order valence-corrected chi connectivity index (χ3v) is 3.89. The fraction of sp³-hybridized carbons (Fsp3) is 0.667. The van der Waals surface area contributed by atoms with Gasteiger partial charge >= 0.3 is 0 Å². The van der Waals surface area contributed by atoms with Crippen molar-refractivity contribution >= 4 is 11.6 Å². The first-order chi connectivity index (χ1) is 10.7. The van der Waals surface area contributed by atoms with Crippen molar-refractivity contribution < 1.29 is 9.47 Å². The summed E-state index contributed by atoms with van der Waals surface area (Å²) in [6.07, 6.45) is 7.91. The monoisotopic (exact) mass is 327 g/mol. The van der Waals surface area contributed by atoms with E-state index in [1.165, 1.54) is 38.5 Å². The van der Waals surface area contributed by atoms with Gasteiger partial charge < -0.3 is 14.8 Å². The first kappa shape index (κ1) is 19.1. The smallest absolute Gasteiger partial charge is 0.179 e. The van der Waals surface area contributed by atoms with Gasteiger partial charge in [-0.05, 0) is 37.6 Å². The summed E-state index contributed by atoms with van der Waals surface area (Å²) in [6.45, 7) is 6.65. The molecule has 1 rings (SSSR count). The van der Waals surface area contributed by atoms with Crippen LogP contribution >= 0.6 is 11.6 Å². The molecule has 0 bridgehead atoms. The zero-order valence-corrected chi connectivity index (χ0v) is 15.0. The molecule has 0 saturated heterocycles. The van der Waals surface area contributed by atoms with Crippen molar-refractivity contribution in [1.82, 2.24) is 5.32 Å². The summed E-state index contributed by atoms with van der Waals surface area (Å²) in [5, 5.41) is 4.07. The summed E-state index contributed by atoms with van der Waals surface area (Å²) in [4.78, 5) is 0. The van der Waals surface area contributed by atoms with Crippen LogP contribution < -0.4 is 14.8 Å². The molecule has 1 N–H and O–H groups in total. The maximum atomic E-state index is 6.25. The minimum atomic E-state index is 0.599. The Bertz CT molecular complexity index is 424. The van der Waals surface area contributed by atoms with Gasteiger partial charge in [-0.2, -0.15) is 0 Å². The number of hydrogen-bond donors (Lipinski definition) is 1. The minimum Gasteiger partial charge on any atom is -0.491 e. The third-order valence-electron chi connectivity index (χ3n) is 3.61. The van der Waals surface area contributed by atoms with Gasteiger partial charge in [0.1, 0.15) is 0 Å². The molecule has 0 spiro atoms. The molecular formula is C18H30ClNO2. The first-order valence-electron chi connectivity index (χ1n) is 8.42. The van der Waals surface area contributed by atoms with Gasteiger partial charge in [-0.15, -0.1) is 0 Å². The zero-order chi connectivity index (χ0) is 16.2. The molecule has 0 fully saturated rings. The summed E-state index contributed by atoms with van der Waals surface area (Å²) in [6, 6.07) is 3.94. The van der Waals surface area contributed by atoms with Crippen molar-refractivity contribution in [3.05, 3.63) is 22.7 Å².